The van der Waals surface area contributed by atoms with Crippen molar-refractivity contribution in [3.05, 3.63) is 84.1 Å². The first-order chi connectivity index (χ1) is 13.3. The topological polar surface area (TPSA) is 17.3 Å². The summed E-state index contributed by atoms with van der Waals surface area (Å²) in [6.07, 6.45) is 2.18. The van der Waals surface area contributed by atoms with E-state index in [9.17, 15) is 0 Å². The van der Waals surface area contributed by atoms with Gasteiger partial charge in [-0.2, -0.15) is 5.10 Å². The second kappa shape index (κ2) is 6.24. The maximum Gasteiger partial charge on any atom is 0.0782 e. The van der Waals surface area contributed by atoms with E-state index in [1.54, 1.807) is 0 Å². The van der Waals surface area contributed by atoms with Gasteiger partial charge in [-0.05, 0) is 41.6 Å². The van der Waals surface area contributed by atoms with Gasteiger partial charge in [0, 0.05) is 16.5 Å². The first-order valence-corrected chi connectivity index (χ1v) is 9.65. The first kappa shape index (κ1) is 16.1. The third-order valence-electron chi connectivity index (χ3n) is 5.47. The van der Waals surface area contributed by atoms with Gasteiger partial charge in [0.05, 0.1) is 16.9 Å². The normalized spacial score (nSPS) is 11.6. The Hall–Kier alpha value is -3.13. The smallest absolute Gasteiger partial charge is 0.0782 e. The molecule has 0 spiro atoms. The van der Waals surface area contributed by atoms with E-state index in [4.69, 9.17) is 5.10 Å². The molecule has 0 N–H and O–H groups in total. The van der Waals surface area contributed by atoms with Gasteiger partial charge >= 0.3 is 0 Å². The average molecular weight is 350 g/mol. The summed E-state index contributed by atoms with van der Waals surface area (Å²) < 4.78 is 2.16. The zero-order valence-electron chi connectivity index (χ0n) is 15.7. The number of aromatic nitrogens is 2. The molecule has 0 saturated heterocycles. The SMILES string of the molecule is CCCc1c(C)nn2c(-c3ccc4ccccc4c3)cc3ccccc3c12. The van der Waals surface area contributed by atoms with Gasteiger partial charge in [-0.1, -0.05) is 74.0 Å². The zero-order chi connectivity index (χ0) is 18.4. The molecule has 3 aromatic carbocycles. The van der Waals surface area contributed by atoms with Crippen LogP contribution in [0.5, 0.6) is 0 Å². The maximum atomic E-state index is 4.95. The molecule has 0 bridgehead atoms. The number of benzene rings is 3. The second-order valence-corrected chi connectivity index (χ2v) is 7.25. The fraction of sp³-hybridized carbons (Fsp3) is 0.160. The van der Waals surface area contributed by atoms with Crippen LogP contribution < -0.4 is 0 Å². The van der Waals surface area contributed by atoms with E-state index in [1.165, 1.54) is 38.2 Å². The summed E-state index contributed by atoms with van der Waals surface area (Å²) in [6, 6.07) is 26.1. The molecule has 2 nitrogen and oxygen atoms in total. The molecule has 0 fully saturated rings. The molecule has 0 unspecified atom stereocenters. The molecule has 27 heavy (non-hydrogen) atoms. The molecule has 0 aliphatic carbocycles. The Morgan fingerprint density at radius 2 is 1.56 bits per heavy atom. The molecule has 0 radical (unpaired) electrons. The lowest BCUT2D eigenvalue weighted by molar-refractivity contribution is 0.911. The van der Waals surface area contributed by atoms with Crippen molar-refractivity contribution in [1.82, 2.24) is 9.61 Å². The summed E-state index contributed by atoms with van der Waals surface area (Å²) in [6.45, 7) is 4.37. The molecule has 0 aliphatic heterocycles. The minimum Gasteiger partial charge on any atom is -0.232 e. The van der Waals surface area contributed by atoms with Gasteiger partial charge in [0.25, 0.3) is 0 Å². The van der Waals surface area contributed by atoms with Crippen LogP contribution in [0.2, 0.25) is 0 Å². The standard InChI is InChI=1S/C25H22N2/c1-3-8-22-17(2)26-27-24(16-20-11-6-7-12-23(20)25(22)27)21-14-13-18-9-4-5-10-19(18)15-21/h4-7,9-16H,3,8H2,1-2H3. The van der Waals surface area contributed by atoms with Gasteiger partial charge < -0.3 is 0 Å². The lowest BCUT2D eigenvalue weighted by atomic mass is 10.0. The Kier molecular flexibility index (Phi) is 3.71. The van der Waals surface area contributed by atoms with Crippen LogP contribution in [0.4, 0.5) is 0 Å². The minimum absolute atomic E-state index is 1.06. The largest absolute Gasteiger partial charge is 0.232 e. The van der Waals surface area contributed by atoms with Gasteiger partial charge in [0.15, 0.2) is 0 Å². The van der Waals surface area contributed by atoms with E-state index in [0.717, 1.165) is 24.2 Å². The highest BCUT2D eigenvalue weighted by atomic mass is 15.2. The van der Waals surface area contributed by atoms with Crippen molar-refractivity contribution in [2.75, 3.05) is 0 Å². The summed E-state index contributed by atoms with van der Waals surface area (Å²) in [7, 11) is 0. The fourth-order valence-corrected chi connectivity index (χ4v) is 4.16. The van der Waals surface area contributed by atoms with E-state index in [2.05, 4.69) is 91.2 Å². The van der Waals surface area contributed by atoms with Crippen LogP contribution >= 0.6 is 0 Å². The third-order valence-corrected chi connectivity index (χ3v) is 5.47. The Morgan fingerprint density at radius 3 is 2.37 bits per heavy atom. The lowest BCUT2D eigenvalue weighted by Gasteiger charge is -2.11. The third kappa shape index (κ3) is 2.52. The molecular formula is C25H22N2. The van der Waals surface area contributed by atoms with E-state index < -0.39 is 0 Å². The van der Waals surface area contributed by atoms with Crippen molar-refractivity contribution in [3.63, 3.8) is 0 Å². The van der Waals surface area contributed by atoms with Crippen LogP contribution in [-0.4, -0.2) is 9.61 Å². The molecule has 5 rings (SSSR count). The molecular weight excluding hydrogens is 328 g/mol. The van der Waals surface area contributed by atoms with Gasteiger partial charge in [-0.25, -0.2) is 4.52 Å². The fourth-order valence-electron chi connectivity index (χ4n) is 4.16. The van der Waals surface area contributed by atoms with Crippen LogP contribution in [0, 0.1) is 6.92 Å². The Balaban J connectivity index is 1.88. The quantitative estimate of drug-likeness (QED) is 0.360. The molecule has 0 aliphatic rings. The molecule has 2 heteroatoms. The van der Waals surface area contributed by atoms with Crippen molar-refractivity contribution < 1.29 is 0 Å². The molecule has 0 atom stereocenters. The number of hydrogen-bond acceptors (Lipinski definition) is 1. The number of pyridine rings is 1. The lowest BCUT2D eigenvalue weighted by Crippen LogP contribution is -1.96. The van der Waals surface area contributed by atoms with Crippen LogP contribution in [0.1, 0.15) is 24.6 Å². The van der Waals surface area contributed by atoms with Gasteiger partial charge in [0.2, 0.25) is 0 Å². The number of rotatable bonds is 3. The molecule has 132 valence electrons. The monoisotopic (exact) mass is 350 g/mol. The molecule has 5 aromatic rings. The highest BCUT2D eigenvalue weighted by molar-refractivity contribution is 6.00. The summed E-state index contributed by atoms with van der Waals surface area (Å²) in [5, 5.41) is 10.0. The van der Waals surface area contributed by atoms with E-state index in [1.807, 2.05) is 0 Å². The van der Waals surface area contributed by atoms with Gasteiger partial charge in [-0.15, -0.1) is 0 Å². The average Bonchev–Trinajstić information content (AvgIpc) is 3.04. The van der Waals surface area contributed by atoms with E-state index >= 15 is 0 Å². The highest BCUT2D eigenvalue weighted by Gasteiger charge is 2.16. The summed E-state index contributed by atoms with van der Waals surface area (Å²) in [4.78, 5) is 0. The zero-order valence-corrected chi connectivity index (χ0v) is 15.7. The Bertz CT molecular complexity index is 1290. The molecule has 2 aromatic heterocycles. The predicted octanol–water partition coefficient (Wildman–Crippen LogP) is 6.57. The molecule has 0 amide bonds. The molecule has 0 saturated carbocycles. The number of hydrogen-bond donors (Lipinski definition) is 0. The summed E-state index contributed by atoms with van der Waals surface area (Å²) in [5.41, 5.74) is 6.12. The van der Waals surface area contributed by atoms with Crippen LogP contribution in [0.25, 0.3) is 38.3 Å². The van der Waals surface area contributed by atoms with Crippen molar-refractivity contribution in [2.24, 2.45) is 0 Å². The van der Waals surface area contributed by atoms with Crippen molar-refractivity contribution in [2.45, 2.75) is 26.7 Å². The molecule has 2 heterocycles. The van der Waals surface area contributed by atoms with E-state index in [0.29, 0.717) is 0 Å². The van der Waals surface area contributed by atoms with Crippen LogP contribution in [0.15, 0.2) is 72.8 Å². The minimum atomic E-state index is 1.06. The highest BCUT2D eigenvalue weighted by Crippen LogP contribution is 2.33. The van der Waals surface area contributed by atoms with Crippen molar-refractivity contribution >= 4 is 27.1 Å². The van der Waals surface area contributed by atoms with E-state index in [-0.39, 0.29) is 0 Å². The van der Waals surface area contributed by atoms with Gasteiger partial charge in [-0.3, -0.25) is 0 Å². The Morgan fingerprint density at radius 1 is 0.815 bits per heavy atom. The van der Waals surface area contributed by atoms with Gasteiger partial charge in [0.1, 0.15) is 0 Å². The number of fused-ring (bicyclic) bond motifs is 4. The summed E-state index contributed by atoms with van der Waals surface area (Å²) in [5.74, 6) is 0. The first-order valence-electron chi connectivity index (χ1n) is 9.65. The van der Waals surface area contributed by atoms with Crippen LogP contribution in [0.3, 0.4) is 0 Å². The number of aryl methyl sites for hydroxylation is 2. The summed E-state index contributed by atoms with van der Waals surface area (Å²) >= 11 is 0. The predicted molar refractivity (Wildman–Crippen MR) is 114 cm³/mol. The van der Waals surface area contributed by atoms with Crippen molar-refractivity contribution in [3.8, 4) is 11.3 Å². The second-order valence-electron chi connectivity index (χ2n) is 7.25. The number of nitrogens with zero attached hydrogens (tertiary/aromatic N) is 2. The van der Waals surface area contributed by atoms with Crippen LogP contribution in [-0.2, 0) is 6.42 Å². The van der Waals surface area contributed by atoms with Crippen molar-refractivity contribution in [1.29, 1.82) is 0 Å². The maximum absolute atomic E-state index is 4.95. The Labute approximate surface area is 159 Å².